The molecule has 0 aliphatic carbocycles. The summed E-state index contributed by atoms with van der Waals surface area (Å²) in [5, 5.41) is 14.4. The minimum absolute atomic E-state index is 0. The van der Waals surface area contributed by atoms with Crippen LogP contribution in [0.3, 0.4) is 0 Å². The van der Waals surface area contributed by atoms with Gasteiger partial charge in [0.25, 0.3) is 20.0 Å². The van der Waals surface area contributed by atoms with Gasteiger partial charge in [-0.05, 0) is 41.1 Å². The number of hydrogen-bond acceptors (Lipinski definition) is 8. The number of hydrogen-bond donors (Lipinski definition) is 2. The van der Waals surface area contributed by atoms with Gasteiger partial charge in [-0.1, -0.05) is 12.1 Å². The van der Waals surface area contributed by atoms with E-state index in [0.717, 1.165) is 34.8 Å². The zero-order valence-corrected chi connectivity index (χ0v) is 20.7. The minimum Gasteiger partial charge on any atom is -0.545 e. The Morgan fingerprint density at radius 2 is 1.25 bits per heavy atom. The van der Waals surface area contributed by atoms with Crippen LogP contribution in [0.4, 0.5) is 11.4 Å². The normalized spacial score (nSPS) is 11.4. The molecule has 8 nitrogen and oxygen atoms in total. The molecule has 28 heavy (non-hydrogen) atoms. The summed E-state index contributed by atoms with van der Waals surface area (Å²) in [6, 6.07) is 9.15. The second-order valence-electron chi connectivity index (χ2n) is 5.16. The van der Waals surface area contributed by atoms with Gasteiger partial charge in [0.2, 0.25) is 0 Å². The van der Waals surface area contributed by atoms with Crippen LogP contribution in [0.2, 0.25) is 0 Å². The quantitative estimate of drug-likeness (QED) is 0.489. The standard InChI is InChI=1S/C15H12N2O6S4.K/c18-15(19)10-7-11(16-26(20,21)13-3-1-5-24-13)9-12(8-10)17-27(22,23)14-4-2-6-25-14;/h1-9,16-17H,(H,18,19);/p-1. The van der Waals surface area contributed by atoms with Gasteiger partial charge >= 0.3 is 0 Å². The summed E-state index contributed by atoms with van der Waals surface area (Å²) in [4.78, 5) is 11.2. The molecule has 0 atom stereocenters. The number of anilines is 2. The van der Waals surface area contributed by atoms with Gasteiger partial charge in [0, 0.05) is 56.9 Å². The van der Waals surface area contributed by atoms with E-state index in [1.165, 1.54) is 18.2 Å². The van der Waals surface area contributed by atoms with E-state index < -0.39 is 26.0 Å². The van der Waals surface area contributed by atoms with Gasteiger partial charge in [0.05, 0.1) is 17.3 Å². The van der Waals surface area contributed by atoms with Crippen molar-refractivity contribution in [2.24, 2.45) is 0 Å². The summed E-state index contributed by atoms with van der Waals surface area (Å²) in [5.41, 5.74) is -0.617. The number of rotatable bonds is 7. The second-order valence-corrected chi connectivity index (χ2v) is 10.9. The van der Waals surface area contributed by atoms with Gasteiger partial charge in [0.1, 0.15) is 8.42 Å². The van der Waals surface area contributed by atoms with E-state index >= 15 is 0 Å². The molecule has 0 spiro atoms. The van der Waals surface area contributed by atoms with Gasteiger partial charge in [-0.15, -0.1) is 22.7 Å². The van der Waals surface area contributed by atoms with Crippen molar-refractivity contribution in [3.63, 3.8) is 0 Å². The van der Waals surface area contributed by atoms with E-state index in [9.17, 15) is 26.7 Å². The van der Waals surface area contributed by atoms with E-state index in [4.69, 9.17) is 0 Å². The van der Waals surface area contributed by atoms with Gasteiger partial charge in [0.15, 0.2) is 0 Å². The SMILES string of the molecule is O=C([O-])c1cc(NS(=O)(=O)c2cccs2)cc(NS(=O)(=O)c2cccs2)c1.[K]. The van der Waals surface area contributed by atoms with Crippen molar-refractivity contribution in [2.45, 2.75) is 8.42 Å². The number of carboxylic acids is 1. The molecule has 13 heteroatoms. The van der Waals surface area contributed by atoms with Gasteiger partial charge in [-0.25, -0.2) is 16.8 Å². The van der Waals surface area contributed by atoms with Crippen LogP contribution in [-0.2, 0) is 20.0 Å². The molecule has 0 aliphatic heterocycles. The first kappa shape index (κ1) is 23.5. The number of carbonyl (C=O) groups is 1. The molecule has 0 aliphatic rings. The fraction of sp³-hybridized carbons (Fsp3) is 0. The van der Waals surface area contributed by atoms with Crippen molar-refractivity contribution < 1.29 is 26.7 Å². The number of nitrogens with one attached hydrogen (secondary N) is 2. The molecule has 3 rings (SSSR count). The van der Waals surface area contributed by atoms with Crippen molar-refractivity contribution >= 4 is 111 Å². The van der Waals surface area contributed by atoms with Gasteiger partial charge < -0.3 is 9.90 Å². The van der Waals surface area contributed by atoms with E-state index in [1.807, 2.05) is 0 Å². The Labute approximate surface area is 212 Å². The first-order chi connectivity index (χ1) is 12.7. The molecule has 2 aromatic heterocycles. The van der Waals surface area contributed by atoms with Gasteiger partial charge in [-0.3, -0.25) is 9.44 Å². The summed E-state index contributed by atoms with van der Waals surface area (Å²) < 4.78 is 53.8. The summed E-state index contributed by atoms with van der Waals surface area (Å²) in [7, 11) is -7.87. The molecule has 0 bridgehead atoms. The monoisotopic (exact) mass is 482 g/mol. The number of aromatic carboxylic acids is 1. The maximum absolute atomic E-state index is 12.3. The fourth-order valence-electron chi connectivity index (χ4n) is 2.11. The maximum Gasteiger partial charge on any atom is 0.271 e. The Hall–Kier alpha value is -0.774. The average Bonchev–Trinajstić information content (AvgIpc) is 3.28. The van der Waals surface area contributed by atoms with Crippen LogP contribution in [0.5, 0.6) is 0 Å². The van der Waals surface area contributed by atoms with E-state index in [1.54, 1.807) is 22.9 Å². The molecule has 143 valence electrons. The van der Waals surface area contributed by atoms with E-state index in [-0.39, 0.29) is 76.7 Å². The molecule has 0 saturated heterocycles. The Morgan fingerprint density at radius 1 is 0.821 bits per heavy atom. The molecule has 1 aromatic carbocycles. The molecular weight excluding hydrogens is 472 g/mol. The van der Waals surface area contributed by atoms with Crippen molar-refractivity contribution in [3.8, 4) is 0 Å². The van der Waals surface area contributed by atoms with Crippen LogP contribution in [-0.4, -0.2) is 74.2 Å². The van der Waals surface area contributed by atoms with Crippen molar-refractivity contribution in [1.29, 1.82) is 0 Å². The third-order valence-corrected chi connectivity index (χ3v) is 8.75. The average molecular weight is 483 g/mol. The number of sulfonamides is 2. The first-order valence-electron chi connectivity index (χ1n) is 7.16. The molecule has 2 heterocycles. The topological polar surface area (TPSA) is 132 Å². The molecule has 2 N–H and O–H groups in total. The molecular formula is C15H11KN2O6S4-. The summed E-state index contributed by atoms with van der Waals surface area (Å²) in [5.74, 6) is -1.58. The summed E-state index contributed by atoms with van der Waals surface area (Å²) in [6.07, 6.45) is 0. The Kier molecular flexibility index (Phi) is 7.86. The number of benzene rings is 1. The van der Waals surface area contributed by atoms with Crippen LogP contribution in [0.15, 0.2) is 61.6 Å². The van der Waals surface area contributed by atoms with Crippen LogP contribution >= 0.6 is 22.7 Å². The van der Waals surface area contributed by atoms with Gasteiger partial charge in [-0.2, -0.15) is 0 Å². The molecule has 0 fully saturated rings. The van der Waals surface area contributed by atoms with Crippen molar-refractivity contribution in [3.05, 3.63) is 58.8 Å². The maximum atomic E-state index is 12.3. The van der Waals surface area contributed by atoms with Crippen LogP contribution in [0, 0.1) is 0 Å². The molecule has 3 aromatic rings. The van der Waals surface area contributed by atoms with E-state index in [2.05, 4.69) is 9.44 Å². The molecule has 0 unspecified atom stereocenters. The zero-order chi connectivity index (χ0) is 19.7. The van der Waals surface area contributed by atoms with Crippen LogP contribution in [0.25, 0.3) is 0 Å². The predicted octanol–water partition coefficient (Wildman–Crippen LogP) is 1.39. The van der Waals surface area contributed by atoms with Crippen molar-refractivity contribution in [2.75, 3.05) is 9.44 Å². The Balaban J connectivity index is 0.00000280. The second kappa shape index (κ2) is 9.36. The van der Waals surface area contributed by atoms with Crippen LogP contribution in [0.1, 0.15) is 10.4 Å². The zero-order valence-electron chi connectivity index (χ0n) is 14.3. The predicted molar refractivity (Wildman–Crippen MR) is 107 cm³/mol. The van der Waals surface area contributed by atoms with Crippen LogP contribution < -0.4 is 14.6 Å². The number of carbonyl (C=O) groups excluding carboxylic acids is 1. The van der Waals surface area contributed by atoms with E-state index in [0.29, 0.717) is 0 Å². The third-order valence-electron chi connectivity index (χ3n) is 3.19. The smallest absolute Gasteiger partial charge is 0.271 e. The van der Waals surface area contributed by atoms with Crippen molar-refractivity contribution in [1.82, 2.24) is 0 Å². The number of carboxylic acid groups (broad SMARTS) is 1. The largest absolute Gasteiger partial charge is 0.545 e. The molecule has 0 amide bonds. The summed E-state index contributed by atoms with van der Waals surface area (Å²) >= 11 is 1.97. The third kappa shape index (κ3) is 5.64. The summed E-state index contributed by atoms with van der Waals surface area (Å²) in [6.45, 7) is 0. The number of thiophene rings is 2. The fourth-order valence-corrected chi connectivity index (χ4v) is 6.17. The minimum atomic E-state index is -3.94. The molecule has 1 radical (unpaired) electrons. The first-order valence-corrected chi connectivity index (χ1v) is 11.9. The Morgan fingerprint density at radius 3 is 1.57 bits per heavy atom. The Bertz CT molecular complexity index is 1090. The molecule has 0 saturated carbocycles.